The fourth-order valence-electron chi connectivity index (χ4n) is 3.41. The predicted octanol–water partition coefficient (Wildman–Crippen LogP) is 1.84. The highest BCUT2D eigenvalue weighted by Crippen LogP contribution is 2.21. The van der Waals surface area contributed by atoms with Crippen molar-refractivity contribution in [1.29, 1.82) is 0 Å². The van der Waals surface area contributed by atoms with Gasteiger partial charge in [-0.05, 0) is 42.3 Å². The van der Waals surface area contributed by atoms with E-state index in [1.54, 1.807) is 18.0 Å². The standard InChI is InChI=1S/C20H23N5O2/c1-14(16-4-3-5-19(10-16)27-2)24-13-23-25(20(24)26)18-8-6-15(7-9-18)17-11-21-22-12-17/h3-10,13-14,17,21-22H,11-12H2,1-2H3. The molecule has 0 bridgehead atoms. The van der Waals surface area contributed by atoms with Gasteiger partial charge in [-0.1, -0.05) is 24.3 Å². The average Bonchev–Trinajstić information content (AvgIpc) is 3.38. The molecule has 1 saturated heterocycles. The fourth-order valence-corrected chi connectivity index (χ4v) is 3.41. The van der Waals surface area contributed by atoms with E-state index in [9.17, 15) is 4.79 Å². The molecule has 1 unspecified atom stereocenters. The Bertz CT molecular complexity index is 971. The minimum absolute atomic E-state index is 0.142. The molecule has 7 nitrogen and oxygen atoms in total. The molecule has 0 aliphatic carbocycles. The van der Waals surface area contributed by atoms with Crippen LogP contribution in [0.25, 0.3) is 5.69 Å². The van der Waals surface area contributed by atoms with E-state index in [1.165, 1.54) is 10.2 Å². The van der Waals surface area contributed by atoms with Gasteiger partial charge in [0.15, 0.2) is 0 Å². The lowest BCUT2D eigenvalue weighted by Gasteiger charge is -2.13. The lowest BCUT2D eigenvalue weighted by Crippen LogP contribution is -2.26. The van der Waals surface area contributed by atoms with Crippen LogP contribution in [0.5, 0.6) is 5.75 Å². The second kappa shape index (κ2) is 7.38. The maximum absolute atomic E-state index is 12.9. The van der Waals surface area contributed by atoms with Crippen molar-refractivity contribution in [2.24, 2.45) is 0 Å². The molecule has 1 atom stereocenters. The largest absolute Gasteiger partial charge is 0.497 e. The summed E-state index contributed by atoms with van der Waals surface area (Å²) in [6, 6.07) is 15.6. The van der Waals surface area contributed by atoms with Crippen molar-refractivity contribution in [1.82, 2.24) is 25.2 Å². The van der Waals surface area contributed by atoms with Gasteiger partial charge in [0.25, 0.3) is 0 Å². The van der Waals surface area contributed by atoms with Crippen LogP contribution in [-0.2, 0) is 0 Å². The summed E-state index contributed by atoms with van der Waals surface area (Å²) >= 11 is 0. The summed E-state index contributed by atoms with van der Waals surface area (Å²) in [5.74, 6) is 1.22. The first-order valence-electron chi connectivity index (χ1n) is 9.03. The lowest BCUT2D eigenvalue weighted by atomic mass is 10.0. The summed E-state index contributed by atoms with van der Waals surface area (Å²) in [6.07, 6.45) is 1.59. The number of ether oxygens (including phenoxy) is 1. The summed E-state index contributed by atoms with van der Waals surface area (Å²) in [5, 5.41) is 4.31. The van der Waals surface area contributed by atoms with E-state index in [-0.39, 0.29) is 11.7 Å². The quantitative estimate of drug-likeness (QED) is 0.722. The molecule has 2 N–H and O–H groups in total. The van der Waals surface area contributed by atoms with E-state index in [1.807, 2.05) is 43.3 Å². The molecule has 2 aromatic carbocycles. The average molecular weight is 365 g/mol. The Morgan fingerprint density at radius 2 is 1.89 bits per heavy atom. The maximum Gasteiger partial charge on any atom is 0.351 e. The number of nitrogens with zero attached hydrogens (tertiary/aromatic N) is 3. The van der Waals surface area contributed by atoms with Gasteiger partial charge in [0, 0.05) is 19.0 Å². The normalized spacial score (nSPS) is 15.8. The summed E-state index contributed by atoms with van der Waals surface area (Å²) in [5.41, 5.74) is 9.11. The third-order valence-electron chi connectivity index (χ3n) is 5.12. The van der Waals surface area contributed by atoms with Crippen LogP contribution in [-0.4, -0.2) is 34.5 Å². The third kappa shape index (κ3) is 3.39. The van der Waals surface area contributed by atoms with Gasteiger partial charge < -0.3 is 4.74 Å². The van der Waals surface area contributed by atoms with Crippen molar-refractivity contribution in [2.75, 3.05) is 20.2 Å². The Hall–Kier alpha value is -2.90. The van der Waals surface area contributed by atoms with Crippen molar-refractivity contribution in [3.05, 3.63) is 76.5 Å². The van der Waals surface area contributed by atoms with Gasteiger partial charge in [-0.15, -0.1) is 0 Å². The van der Waals surface area contributed by atoms with E-state index in [4.69, 9.17) is 4.74 Å². The summed E-state index contributed by atoms with van der Waals surface area (Å²) in [6.45, 7) is 3.79. The summed E-state index contributed by atoms with van der Waals surface area (Å²) in [7, 11) is 1.63. The first-order chi connectivity index (χ1) is 13.2. The smallest absolute Gasteiger partial charge is 0.351 e. The molecular formula is C20H23N5O2. The number of nitrogens with one attached hydrogen (secondary N) is 2. The van der Waals surface area contributed by atoms with Crippen LogP contribution < -0.4 is 21.3 Å². The molecule has 7 heteroatoms. The van der Waals surface area contributed by atoms with Crippen molar-refractivity contribution >= 4 is 0 Å². The van der Waals surface area contributed by atoms with Gasteiger partial charge >= 0.3 is 5.69 Å². The number of methoxy groups -OCH3 is 1. The molecule has 2 heterocycles. The molecule has 3 aromatic rings. The van der Waals surface area contributed by atoms with Crippen LogP contribution in [0.4, 0.5) is 0 Å². The van der Waals surface area contributed by atoms with Crippen molar-refractivity contribution in [3.8, 4) is 11.4 Å². The molecule has 0 saturated carbocycles. The lowest BCUT2D eigenvalue weighted by molar-refractivity contribution is 0.413. The number of aromatic nitrogens is 3. The second-order valence-electron chi connectivity index (χ2n) is 6.74. The second-order valence-corrected chi connectivity index (χ2v) is 6.74. The van der Waals surface area contributed by atoms with E-state index in [0.717, 1.165) is 30.1 Å². The van der Waals surface area contributed by atoms with Crippen LogP contribution in [0.2, 0.25) is 0 Å². The molecule has 1 aliphatic rings. The first-order valence-corrected chi connectivity index (χ1v) is 9.03. The monoisotopic (exact) mass is 365 g/mol. The van der Waals surface area contributed by atoms with E-state index < -0.39 is 0 Å². The highest BCUT2D eigenvalue weighted by atomic mass is 16.5. The Balaban J connectivity index is 1.60. The Labute approximate surface area is 157 Å². The number of hydrogen-bond acceptors (Lipinski definition) is 5. The molecule has 0 spiro atoms. The molecule has 0 radical (unpaired) electrons. The zero-order chi connectivity index (χ0) is 18.8. The van der Waals surface area contributed by atoms with Gasteiger partial charge in [0.05, 0.1) is 18.8 Å². The van der Waals surface area contributed by atoms with Crippen LogP contribution in [0.15, 0.2) is 59.7 Å². The molecule has 1 aliphatic heterocycles. The Morgan fingerprint density at radius 3 is 2.59 bits per heavy atom. The molecule has 0 amide bonds. The number of hydrazine groups is 1. The van der Waals surface area contributed by atoms with E-state index >= 15 is 0 Å². The molecular weight excluding hydrogens is 342 g/mol. The topological polar surface area (TPSA) is 73.1 Å². The van der Waals surface area contributed by atoms with Crippen LogP contribution in [0.1, 0.15) is 30.0 Å². The van der Waals surface area contributed by atoms with Crippen LogP contribution in [0.3, 0.4) is 0 Å². The van der Waals surface area contributed by atoms with E-state index in [0.29, 0.717) is 5.92 Å². The van der Waals surface area contributed by atoms with E-state index in [2.05, 4.69) is 28.1 Å². The minimum Gasteiger partial charge on any atom is -0.497 e. The van der Waals surface area contributed by atoms with Crippen molar-refractivity contribution in [2.45, 2.75) is 18.9 Å². The number of hydrogen-bond donors (Lipinski definition) is 2. The number of rotatable bonds is 5. The molecule has 140 valence electrons. The highest BCUT2D eigenvalue weighted by molar-refractivity contribution is 5.36. The van der Waals surface area contributed by atoms with Gasteiger partial charge in [0.2, 0.25) is 0 Å². The highest BCUT2D eigenvalue weighted by Gasteiger charge is 2.18. The molecule has 1 aromatic heterocycles. The zero-order valence-electron chi connectivity index (χ0n) is 15.4. The number of benzene rings is 2. The SMILES string of the molecule is COc1cccc(C(C)n2cnn(-c3ccc(C4CNNC4)cc3)c2=O)c1. The van der Waals surface area contributed by atoms with Gasteiger partial charge in [-0.2, -0.15) is 9.78 Å². The zero-order valence-corrected chi connectivity index (χ0v) is 15.4. The van der Waals surface area contributed by atoms with Crippen molar-refractivity contribution in [3.63, 3.8) is 0 Å². The summed E-state index contributed by atoms with van der Waals surface area (Å²) in [4.78, 5) is 12.9. The Morgan fingerprint density at radius 1 is 1.15 bits per heavy atom. The minimum atomic E-state index is -0.165. The van der Waals surface area contributed by atoms with Crippen LogP contribution in [0, 0.1) is 0 Å². The van der Waals surface area contributed by atoms with Gasteiger partial charge in [-0.3, -0.25) is 15.4 Å². The van der Waals surface area contributed by atoms with Gasteiger partial charge in [0.1, 0.15) is 12.1 Å². The fraction of sp³-hybridized carbons (Fsp3) is 0.300. The Kier molecular flexibility index (Phi) is 4.79. The predicted molar refractivity (Wildman–Crippen MR) is 103 cm³/mol. The van der Waals surface area contributed by atoms with Crippen LogP contribution >= 0.6 is 0 Å². The first kappa shape index (κ1) is 17.5. The third-order valence-corrected chi connectivity index (χ3v) is 5.12. The van der Waals surface area contributed by atoms with Crippen molar-refractivity contribution < 1.29 is 4.74 Å². The maximum atomic E-state index is 12.9. The van der Waals surface area contributed by atoms with Gasteiger partial charge in [-0.25, -0.2) is 4.79 Å². The summed E-state index contributed by atoms with van der Waals surface area (Å²) < 4.78 is 8.35. The molecule has 1 fully saturated rings. The molecule has 27 heavy (non-hydrogen) atoms. The molecule has 4 rings (SSSR count).